The monoisotopic (exact) mass is 467 g/mol. The number of hydrogen-bond donors (Lipinski definition) is 1. The number of benzene rings is 1. The molecule has 1 aromatic carbocycles. The van der Waals surface area contributed by atoms with Crippen molar-refractivity contribution in [1.29, 1.82) is 0 Å². The van der Waals surface area contributed by atoms with Crippen molar-refractivity contribution < 1.29 is 28.6 Å². The molecular weight excluding hydrogens is 441 g/mol. The highest BCUT2D eigenvalue weighted by atomic mass is 19.1. The molecule has 0 radical (unpaired) electrons. The number of carbonyl (C=O) groups is 3. The second-order valence-corrected chi connectivity index (χ2v) is 8.34. The number of carbonyl (C=O) groups excluding carboxylic acids is 3. The number of Topliss-reactive ketones (excluding diaryl/α,β-unsaturated/α-hetero) is 1. The molecule has 1 N–H and O–H groups in total. The third-order valence-electron chi connectivity index (χ3n) is 6.26. The molecule has 2 aliphatic heterocycles. The zero-order chi connectivity index (χ0) is 24.4. The van der Waals surface area contributed by atoms with E-state index < -0.39 is 29.6 Å². The van der Waals surface area contributed by atoms with Crippen LogP contribution in [0.15, 0.2) is 48.2 Å². The van der Waals surface area contributed by atoms with Crippen LogP contribution in [0.1, 0.15) is 42.6 Å². The number of amides is 2. The van der Waals surface area contributed by atoms with Crippen molar-refractivity contribution in [2.45, 2.75) is 38.8 Å². The third kappa shape index (κ3) is 4.25. The van der Waals surface area contributed by atoms with E-state index >= 15 is 0 Å². The van der Waals surface area contributed by atoms with Gasteiger partial charge in [0.1, 0.15) is 17.6 Å². The Morgan fingerprint density at radius 1 is 1.21 bits per heavy atom. The van der Waals surface area contributed by atoms with Crippen molar-refractivity contribution in [3.63, 3.8) is 0 Å². The van der Waals surface area contributed by atoms with Crippen LogP contribution >= 0.6 is 0 Å². The second-order valence-electron chi connectivity index (χ2n) is 8.34. The van der Waals surface area contributed by atoms with E-state index in [4.69, 9.17) is 4.74 Å². The summed E-state index contributed by atoms with van der Waals surface area (Å²) in [6, 6.07) is 7.94. The SMILES string of the molecule is CCOC(=O)N1CCC(N2C(=O)C(=O)/C(=C(/O)c3ccc(F)c(C)c3)C2c2ccccn2)CC1. The van der Waals surface area contributed by atoms with Gasteiger partial charge in [-0.15, -0.1) is 0 Å². The lowest BCUT2D eigenvalue weighted by Gasteiger charge is -2.38. The summed E-state index contributed by atoms with van der Waals surface area (Å²) >= 11 is 0. The van der Waals surface area contributed by atoms with Gasteiger partial charge in [0.2, 0.25) is 0 Å². The Hall–Kier alpha value is -3.75. The maximum Gasteiger partial charge on any atom is 0.409 e. The first kappa shape index (κ1) is 23.4. The molecule has 2 aromatic rings. The molecule has 0 spiro atoms. The standard InChI is InChI=1S/C25H26FN3O5/c1-3-34-25(33)28-12-9-17(10-13-28)29-21(19-6-4-5-11-27-19)20(23(31)24(29)32)22(30)16-7-8-18(26)15(2)14-16/h4-8,11,14,17,21,30H,3,9-10,12-13H2,1-2H3/b22-20+. The molecule has 2 fully saturated rings. The van der Waals surface area contributed by atoms with Gasteiger partial charge in [-0.1, -0.05) is 6.07 Å². The van der Waals surface area contributed by atoms with Crippen molar-refractivity contribution in [2.75, 3.05) is 19.7 Å². The van der Waals surface area contributed by atoms with Gasteiger partial charge >= 0.3 is 6.09 Å². The molecule has 0 aliphatic carbocycles. The molecule has 2 aliphatic rings. The number of pyridine rings is 1. The predicted molar refractivity (Wildman–Crippen MR) is 121 cm³/mol. The van der Waals surface area contributed by atoms with Gasteiger partial charge in [0, 0.05) is 30.9 Å². The van der Waals surface area contributed by atoms with E-state index in [2.05, 4.69) is 4.98 Å². The fraction of sp³-hybridized carbons (Fsp3) is 0.360. The van der Waals surface area contributed by atoms with Gasteiger partial charge in [-0.3, -0.25) is 14.6 Å². The van der Waals surface area contributed by atoms with E-state index in [1.54, 1.807) is 43.1 Å². The molecule has 0 saturated carbocycles. The summed E-state index contributed by atoms with van der Waals surface area (Å²) in [5.41, 5.74) is 0.909. The number of likely N-dealkylation sites (tertiary alicyclic amines) is 2. The molecule has 9 heteroatoms. The zero-order valence-electron chi connectivity index (χ0n) is 19.0. The van der Waals surface area contributed by atoms with E-state index in [0.29, 0.717) is 37.2 Å². The maximum absolute atomic E-state index is 13.8. The lowest BCUT2D eigenvalue weighted by molar-refractivity contribution is -0.142. The summed E-state index contributed by atoms with van der Waals surface area (Å²) in [4.78, 5) is 45.9. The smallest absolute Gasteiger partial charge is 0.409 e. The van der Waals surface area contributed by atoms with E-state index in [9.17, 15) is 23.9 Å². The molecular formula is C25H26FN3O5. The molecule has 34 heavy (non-hydrogen) atoms. The Kier molecular flexibility index (Phi) is 6.63. The van der Waals surface area contributed by atoms with E-state index in [0.717, 1.165) is 0 Å². The number of ketones is 1. The molecule has 0 bridgehead atoms. The molecule has 1 aromatic heterocycles. The number of hydrogen-bond acceptors (Lipinski definition) is 6. The van der Waals surface area contributed by atoms with Crippen LogP contribution in [0.2, 0.25) is 0 Å². The maximum atomic E-state index is 13.8. The average Bonchev–Trinajstić information content (AvgIpc) is 3.11. The number of aliphatic hydroxyl groups excluding tert-OH is 1. The summed E-state index contributed by atoms with van der Waals surface area (Å²) in [5, 5.41) is 11.1. The van der Waals surface area contributed by atoms with Crippen LogP contribution in [0.25, 0.3) is 5.76 Å². The molecule has 2 amide bonds. The highest BCUT2D eigenvalue weighted by molar-refractivity contribution is 6.46. The van der Waals surface area contributed by atoms with Gasteiger partial charge in [-0.2, -0.15) is 0 Å². The Morgan fingerprint density at radius 3 is 2.56 bits per heavy atom. The first-order valence-electron chi connectivity index (χ1n) is 11.2. The highest BCUT2D eigenvalue weighted by Gasteiger charge is 2.50. The van der Waals surface area contributed by atoms with Crippen LogP contribution in [0.3, 0.4) is 0 Å². The third-order valence-corrected chi connectivity index (χ3v) is 6.26. The number of aliphatic hydroxyl groups is 1. The normalized spacial score (nSPS) is 20.6. The molecule has 3 heterocycles. The lowest BCUT2D eigenvalue weighted by atomic mass is 9.96. The number of aryl methyl sites for hydroxylation is 1. The topological polar surface area (TPSA) is 100 Å². The second kappa shape index (κ2) is 9.62. The van der Waals surface area contributed by atoms with Gasteiger partial charge in [0.25, 0.3) is 11.7 Å². The van der Waals surface area contributed by atoms with Crippen molar-refractivity contribution in [3.8, 4) is 0 Å². The number of ether oxygens (including phenoxy) is 1. The minimum absolute atomic E-state index is 0.0810. The Labute approximate surface area is 196 Å². The van der Waals surface area contributed by atoms with Crippen LogP contribution in [0, 0.1) is 12.7 Å². The van der Waals surface area contributed by atoms with Crippen LogP contribution in [0.4, 0.5) is 9.18 Å². The van der Waals surface area contributed by atoms with Gasteiger partial charge in [0.15, 0.2) is 0 Å². The Balaban J connectivity index is 1.73. The Morgan fingerprint density at radius 2 is 1.94 bits per heavy atom. The summed E-state index contributed by atoms with van der Waals surface area (Å²) in [6.45, 7) is 4.31. The van der Waals surface area contributed by atoms with Crippen molar-refractivity contribution in [2.24, 2.45) is 0 Å². The summed E-state index contributed by atoms with van der Waals surface area (Å²) in [7, 11) is 0. The molecule has 1 atom stereocenters. The van der Waals surface area contributed by atoms with Crippen molar-refractivity contribution >= 4 is 23.5 Å². The van der Waals surface area contributed by atoms with E-state index in [-0.39, 0.29) is 29.5 Å². The number of nitrogens with zero attached hydrogens (tertiary/aromatic N) is 3. The van der Waals surface area contributed by atoms with Crippen molar-refractivity contribution in [3.05, 3.63) is 70.8 Å². The van der Waals surface area contributed by atoms with Gasteiger partial charge in [-0.05, 0) is 62.6 Å². The van der Waals surface area contributed by atoms with E-state index in [1.807, 2.05) is 0 Å². The fourth-order valence-corrected chi connectivity index (χ4v) is 4.54. The molecule has 8 nitrogen and oxygen atoms in total. The lowest BCUT2D eigenvalue weighted by Crippen LogP contribution is -2.48. The number of rotatable bonds is 4. The summed E-state index contributed by atoms with van der Waals surface area (Å²) in [5.74, 6) is -2.36. The molecule has 2 saturated heterocycles. The van der Waals surface area contributed by atoms with Gasteiger partial charge in [-0.25, -0.2) is 9.18 Å². The van der Waals surface area contributed by atoms with Crippen molar-refractivity contribution in [1.82, 2.24) is 14.8 Å². The molecule has 4 rings (SSSR count). The largest absolute Gasteiger partial charge is 0.507 e. The van der Waals surface area contributed by atoms with Gasteiger partial charge < -0.3 is 19.6 Å². The minimum atomic E-state index is -0.897. The number of piperidine rings is 1. The van der Waals surface area contributed by atoms with Crippen LogP contribution in [-0.2, 0) is 14.3 Å². The quantitative estimate of drug-likeness (QED) is 0.419. The van der Waals surface area contributed by atoms with Crippen LogP contribution < -0.4 is 0 Å². The highest BCUT2D eigenvalue weighted by Crippen LogP contribution is 2.41. The van der Waals surface area contributed by atoms with E-state index in [1.165, 1.54) is 23.1 Å². The number of aromatic nitrogens is 1. The summed E-state index contributed by atoms with van der Waals surface area (Å²) in [6.07, 6.45) is 2.05. The minimum Gasteiger partial charge on any atom is -0.507 e. The average molecular weight is 467 g/mol. The molecule has 1 unspecified atom stereocenters. The molecule has 178 valence electrons. The van der Waals surface area contributed by atoms with Crippen LogP contribution in [-0.4, -0.2) is 63.4 Å². The van der Waals surface area contributed by atoms with Gasteiger partial charge in [0.05, 0.1) is 17.9 Å². The fourth-order valence-electron chi connectivity index (χ4n) is 4.54. The predicted octanol–water partition coefficient (Wildman–Crippen LogP) is 3.57. The van der Waals surface area contributed by atoms with Crippen LogP contribution in [0.5, 0.6) is 0 Å². The number of halogens is 1. The zero-order valence-corrected chi connectivity index (χ0v) is 19.0. The Bertz CT molecular complexity index is 1140. The first-order chi connectivity index (χ1) is 16.3. The first-order valence-corrected chi connectivity index (χ1v) is 11.2. The summed E-state index contributed by atoms with van der Waals surface area (Å²) < 4.78 is 18.8.